The van der Waals surface area contributed by atoms with Crippen molar-refractivity contribution in [2.45, 2.75) is 33.2 Å². The van der Waals surface area contributed by atoms with Crippen LogP contribution in [0.3, 0.4) is 0 Å². The van der Waals surface area contributed by atoms with Gasteiger partial charge in [0, 0.05) is 6.42 Å². The van der Waals surface area contributed by atoms with Gasteiger partial charge < -0.3 is 14.2 Å². The molecule has 0 aliphatic heterocycles. The van der Waals surface area contributed by atoms with Crippen LogP contribution in [0, 0.1) is 6.92 Å². The number of hydrogen-bond acceptors (Lipinski definition) is 5. The maximum absolute atomic E-state index is 5.39. The van der Waals surface area contributed by atoms with E-state index >= 15 is 0 Å². The van der Waals surface area contributed by atoms with Gasteiger partial charge >= 0.3 is 6.01 Å². The van der Waals surface area contributed by atoms with Crippen molar-refractivity contribution in [1.82, 2.24) is 10.2 Å². The first-order valence-electron chi connectivity index (χ1n) is 5.39. The third-order valence-electron chi connectivity index (χ3n) is 2.30. The summed E-state index contributed by atoms with van der Waals surface area (Å²) in [6, 6.07) is 2.37. The fourth-order valence-electron chi connectivity index (χ4n) is 1.38. The molecule has 86 valence electrons. The SMILES string of the molecule is CCCc1nnc(NCc2occc2C)o1. The lowest BCUT2D eigenvalue weighted by Crippen LogP contribution is -1.99. The average Bonchev–Trinajstić information content (AvgIpc) is 2.86. The second-order valence-corrected chi connectivity index (χ2v) is 3.63. The lowest BCUT2D eigenvalue weighted by atomic mass is 10.3. The molecule has 0 aliphatic rings. The van der Waals surface area contributed by atoms with Crippen LogP contribution >= 0.6 is 0 Å². The minimum atomic E-state index is 0.444. The molecule has 0 bridgehead atoms. The molecule has 0 fully saturated rings. The zero-order chi connectivity index (χ0) is 11.4. The van der Waals surface area contributed by atoms with Gasteiger partial charge in [-0.1, -0.05) is 12.0 Å². The van der Waals surface area contributed by atoms with Crippen molar-refractivity contribution in [2.75, 3.05) is 5.32 Å². The van der Waals surface area contributed by atoms with Crippen LogP contribution in [0.2, 0.25) is 0 Å². The third-order valence-corrected chi connectivity index (χ3v) is 2.30. The molecule has 2 rings (SSSR count). The van der Waals surface area contributed by atoms with E-state index in [1.807, 2.05) is 13.0 Å². The van der Waals surface area contributed by atoms with Gasteiger partial charge in [0.1, 0.15) is 5.76 Å². The van der Waals surface area contributed by atoms with Gasteiger partial charge in [-0.3, -0.25) is 0 Å². The summed E-state index contributed by atoms with van der Waals surface area (Å²) in [6.07, 6.45) is 3.48. The molecule has 0 aliphatic carbocycles. The molecule has 5 nitrogen and oxygen atoms in total. The summed E-state index contributed by atoms with van der Waals surface area (Å²) in [6.45, 7) is 4.63. The zero-order valence-corrected chi connectivity index (χ0v) is 9.49. The lowest BCUT2D eigenvalue weighted by molar-refractivity contribution is 0.488. The predicted molar refractivity (Wildman–Crippen MR) is 59.1 cm³/mol. The van der Waals surface area contributed by atoms with Crippen molar-refractivity contribution in [3.8, 4) is 0 Å². The number of aryl methyl sites for hydroxylation is 2. The molecule has 0 saturated carbocycles. The molecule has 0 saturated heterocycles. The molecule has 2 aromatic heterocycles. The smallest absolute Gasteiger partial charge is 0.315 e. The third kappa shape index (κ3) is 2.42. The molecular formula is C11H15N3O2. The van der Waals surface area contributed by atoms with Crippen molar-refractivity contribution in [3.05, 3.63) is 29.5 Å². The molecule has 2 aromatic rings. The maximum atomic E-state index is 5.39. The molecule has 0 spiro atoms. The summed E-state index contributed by atoms with van der Waals surface area (Å²) in [7, 11) is 0. The largest absolute Gasteiger partial charge is 0.467 e. The van der Waals surface area contributed by atoms with E-state index in [0.29, 0.717) is 18.5 Å². The van der Waals surface area contributed by atoms with E-state index in [0.717, 1.165) is 24.2 Å². The Balaban J connectivity index is 1.92. The first kappa shape index (κ1) is 10.7. The topological polar surface area (TPSA) is 64.1 Å². The Labute approximate surface area is 93.9 Å². The van der Waals surface area contributed by atoms with Gasteiger partial charge in [-0.2, -0.15) is 0 Å². The molecule has 0 unspecified atom stereocenters. The molecule has 0 radical (unpaired) electrons. The predicted octanol–water partition coefficient (Wildman–Crippen LogP) is 2.54. The minimum absolute atomic E-state index is 0.444. The highest BCUT2D eigenvalue weighted by Crippen LogP contribution is 2.12. The van der Waals surface area contributed by atoms with Gasteiger partial charge in [0.15, 0.2) is 0 Å². The average molecular weight is 221 g/mol. The van der Waals surface area contributed by atoms with Gasteiger partial charge in [-0.25, -0.2) is 0 Å². The number of furan rings is 1. The molecule has 2 heterocycles. The first-order chi connectivity index (χ1) is 7.79. The summed E-state index contributed by atoms with van der Waals surface area (Å²) in [4.78, 5) is 0. The highest BCUT2D eigenvalue weighted by atomic mass is 16.4. The van der Waals surface area contributed by atoms with Gasteiger partial charge in [-0.05, 0) is 25.0 Å². The summed E-state index contributed by atoms with van der Waals surface area (Å²) in [5.41, 5.74) is 1.11. The van der Waals surface area contributed by atoms with Crippen molar-refractivity contribution in [3.63, 3.8) is 0 Å². The van der Waals surface area contributed by atoms with Crippen molar-refractivity contribution < 1.29 is 8.83 Å². The molecule has 16 heavy (non-hydrogen) atoms. The Morgan fingerprint density at radius 3 is 2.94 bits per heavy atom. The van der Waals surface area contributed by atoms with E-state index in [2.05, 4.69) is 22.4 Å². The van der Waals surface area contributed by atoms with E-state index in [4.69, 9.17) is 8.83 Å². The first-order valence-corrected chi connectivity index (χ1v) is 5.39. The molecule has 0 aromatic carbocycles. The minimum Gasteiger partial charge on any atom is -0.467 e. The maximum Gasteiger partial charge on any atom is 0.315 e. The summed E-state index contributed by atoms with van der Waals surface area (Å²) in [5, 5.41) is 10.8. The monoisotopic (exact) mass is 221 g/mol. The Morgan fingerprint density at radius 2 is 2.25 bits per heavy atom. The van der Waals surface area contributed by atoms with Gasteiger partial charge in [-0.15, -0.1) is 5.10 Å². The van der Waals surface area contributed by atoms with E-state index in [-0.39, 0.29) is 0 Å². The molecule has 5 heteroatoms. The normalized spacial score (nSPS) is 10.6. The summed E-state index contributed by atoms with van der Waals surface area (Å²) >= 11 is 0. The molecule has 1 N–H and O–H groups in total. The highest BCUT2D eigenvalue weighted by Gasteiger charge is 2.06. The van der Waals surface area contributed by atoms with E-state index in [1.54, 1.807) is 6.26 Å². The summed E-state index contributed by atoms with van der Waals surface area (Å²) in [5.74, 6) is 1.55. The van der Waals surface area contributed by atoms with Crippen molar-refractivity contribution in [2.24, 2.45) is 0 Å². The Morgan fingerprint density at radius 1 is 1.38 bits per heavy atom. The van der Waals surface area contributed by atoms with Crippen LogP contribution in [0.1, 0.15) is 30.6 Å². The summed E-state index contributed by atoms with van der Waals surface area (Å²) < 4.78 is 10.7. The van der Waals surface area contributed by atoms with Crippen molar-refractivity contribution >= 4 is 6.01 Å². The van der Waals surface area contributed by atoms with Crippen molar-refractivity contribution in [1.29, 1.82) is 0 Å². The van der Waals surface area contributed by atoms with Gasteiger partial charge in [0.05, 0.1) is 12.8 Å². The van der Waals surface area contributed by atoms with Crippen LogP contribution in [0.5, 0.6) is 0 Å². The second kappa shape index (κ2) is 4.83. The zero-order valence-electron chi connectivity index (χ0n) is 9.49. The molecule has 0 amide bonds. The number of rotatable bonds is 5. The van der Waals surface area contributed by atoms with Crippen LogP contribution in [0.4, 0.5) is 6.01 Å². The Hall–Kier alpha value is -1.78. The Bertz CT molecular complexity index is 448. The fourth-order valence-corrected chi connectivity index (χ4v) is 1.38. The van der Waals surface area contributed by atoms with Gasteiger partial charge in [0.25, 0.3) is 0 Å². The second-order valence-electron chi connectivity index (χ2n) is 3.63. The standard InChI is InChI=1S/C11H15N3O2/c1-3-4-10-13-14-11(16-10)12-7-9-8(2)5-6-15-9/h5-6H,3-4,7H2,1-2H3,(H,12,14). The quantitative estimate of drug-likeness (QED) is 0.840. The highest BCUT2D eigenvalue weighted by molar-refractivity contribution is 5.22. The number of anilines is 1. The Kier molecular flexibility index (Phi) is 3.24. The number of nitrogens with one attached hydrogen (secondary N) is 1. The number of nitrogens with zero attached hydrogens (tertiary/aromatic N) is 2. The van der Waals surface area contributed by atoms with Crippen LogP contribution in [0.25, 0.3) is 0 Å². The fraction of sp³-hybridized carbons (Fsp3) is 0.455. The van der Waals surface area contributed by atoms with E-state index < -0.39 is 0 Å². The van der Waals surface area contributed by atoms with Crippen LogP contribution in [-0.4, -0.2) is 10.2 Å². The number of aromatic nitrogens is 2. The van der Waals surface area contributed by atoms with Crippen LogP contribution < -0.4 is 5.32 Å². The molecular weight excluding hydrogens is 206 g/mol. The van der Waals surface area contributed by atoms with Crippen LogP contribution in [0.15, 0.2) is 21.2 Å². The van der Waals surface area contributed by atoms with E-state index in [1.165, 1.54) is 0 Å². The van der Waals surface area contributed by atoms with E-state index in [9.17, 15) is 0 Å². The number of hydrogen-bond donors (Lipinski definition) is 1. The van der Waals surface area contributed by atoms with Gasteiger partial charge in [0.2, 0.25) is 5.89 Å². The lowest BCUT2D eigenvalue weighted by Gasteiger charge is -1.98. The molecule has 0 atom stereocenters. The van der Waals surface area contributed by atoms with Crippen LogP contribution in [-0.2, 0) is 13.0 Å².